The van der Waals surface area contributed by atoms with Gasteiger partial charge in [0.25, 0.3) is 5.56 Å². The molecule has 3 heterocycles. The molecular formula is C15H21Cl3N6O2. The van der Waals surface area contributed by atoms with Crippen molar-refractivity contribution in [3.63, 3.8) is 0 Å². The zero-order valence-electron chi connectivity index (χ0n) is 14.0. The van der Waals surface area contributed by atoms with Gasteiger partial charge in [0.15, 0.2) is 5.82 Å². The Balaban J connectivity index is 0.00000208. The van der Waals surface area contributed by atoms with Gasteiger partial charge in [-0.25, -0.2) is 9.97 Å². The van der Waals surface area contributed by atoms with Gasteiger partial charge in [-0.2, -0.15) is 0 Å². The highest BCUT2D eigenvalue weighted by atomic mass is 35.5. The molecule has 0 fully saturated rings. The second-order valence-corrected chi connectivity index (χ2v) is 5.56. The van der Waals surface area contributed by atoms with Crippen molar-refractivity contribution in [2.24, 2.45) is 0 Å². The lowest BCUT2D eigenvalue weighted by Crippen LogP contribution is -2.36. The summed E-state index contributed by atoms with van der Waals surface area (Å²) < 4.78 is 1.44. The molecule has 0 bridgehead atoms. The summed E-state index contributed by atoms with van der Waals surface area (Å²) in [4.78, 5) is 32.6. The molecule has 0 aliphatic carbocycles. The molecule has 0 aromatic carbocycles. The fraction of sp³-hybridized carbons (Fsp3) is 0.333. The summed E-state index contributed by atoms with van der Waals surface area (Å²) >= 11 is 0. The van der Waals surface area contributed by atoms with E-state index in [9.17, 15) is 9.59 Å². The Morgan fingerprint density at radius 3 is 2.65 bits per heavy atom. The largest absolute Gasteiger partial charge is 0.384 e. The highest BCUT2D eigenvalue weighted by Gasteiger charge is 2.30. The van der Waals surface area contributed by atoms with E-state index in [0.717, 1.165) is 17.0 Å². The number of carbonyl (C=O) groups is 1. The van der Waals surface area contributed by atoms with Gasteiger partial charge in [-0.1, -0.05) is 6.07 Å². The molecule has 2 aromatic heterocycles. The second-order valence-electron chi connectivity index (χ2n) is 5.56. The molecule has 1 atom stereocenters. The number of nitrogens with two attached hydrogens (primary N) is 2. The molecular weight excluding hydrogens is 403 g/mol. The first-order valence-corrected chi connectivity index (χ1v) is 7.33. The van der Waals surface area contributed by atoms with Gasteiger partial charge in [0.05, 0.1) is 0 Å². The van der Waals surface area contributed by atoms with Crippen LogP contribution in [0.25, 0.3) is 0 Å². The molecule has 0 saturated carbocycles. The van der Waals surface area contributed by atoms with Crippen molar-refractivity contribution < 1.29 is 4.79 Å². The van der Waals surface area contributed by atoms with Crippen molar-refractivity contribution in [1.82, 2.24) is 19.9 Å². The topological polar surface area (TPSA) is 129 Å². The van der Waals surface area contributed by atoms with Crippen molar-refractivity contribution in [1.29, 1.82) is 0 Å². The Morgan fingerprint density at radius 2 is 2.00 bits per heavy atom. The van der Waals surface area contributed by atoms with E-state index in [1.54, 1.807) is 12.3 Å². The highest BCUT2D eigenvalue weighted by Crippen LogP contribution is 2.23. The van der Waals surface area contributed by atoms with E-state index >= 15 is 0 Å². The SMILES string of the molecule is Cc1nc(N)ccc1CNC(=O)[C@@H]1CCc2cnc(N)c(=O)n21.Cl.Cl.Cl. The molecule has 0 radical (unpaired) electrons. The zero-order valence-corrected chi connectivity index (χ0v) is 16.4. The van der Waals surface area contributed by atoms with E-state index in [0.29, 0.717) is 25.2 Å². The maximum absolute atomic E-state index is 12.4. The van der Waals surface area contributed by atoms with Crippen LogP contribution in [0.5, 0.6) is 0 Å². The van der Waals surface area contributed by atoms with E-state index in [2.05, 4.69) is 15.3 Å². The number of hydrogen-bond donors (Lipinski definition) is 3. The number of fused-ring (bicyclic) bond motifs is 1. The quantitative estimate of drug-likeness (QED) is 0.680. The summed E-state index contributed by atoms with van der Waals surface area (Å²) in [5.74, 6) is 0.136. The van der Waals surface area contributed by atoms with Crippen LogP contribution in [0.15, 0.2) is 23.1 Å². The van der Waals surface area contributed by atoms with E-state index in [4.69, 9.17) is 11.5 Å². The van der Waals surface area contributed by atoms with Gasteiger partial charge in [-0.3, -0.25) is 14.2 Å². The minimum Gasteiger partial charge on any atom is -0.384 e. The Bertz CT molecular complexity index is 843. The third-order valence-electron chi connectivity index (χ3n) is 4.06. The minimum atomic E-state index is -0.551. The van der Waals surface area contributed by atoms with E-state index in [1.807, 2.05) is 13.0 Å². The van der Waals surface area contributed by atoms with Crippen LogP contribution >= 0.6 is 37.2 Å². The molecule has 11 heteroatoms. The first kappa shape index (κ1) is 24.0. The molecule has 2 aromatic rings. The van der Waals surface area contributed by atoms with Gasteiger partial charge in [0, 0.05) is 24.1 Å². The maximum Gasteiger partial charge on any atom is 0.294 e. The molecule has 1 aliphatic heterocycles. The fourth-order valence-electron chi connectivity index (χ4n) is 2.80. The smallest absolute Gasteiger partial charge is 0.294 e. The molecule has 1 amide bonds. The molecule has 8 nitrogen and oxygen atoms in total. The van der Waals surface area contributed by atoms with Crippen LogP contribution in [0.1, 0.15) is 29.4 Å². The van der Waals surface area contributed by atoms with Gasteiger partial charge in [-0.05, 0) is 31.4 Å². The van der Waals surface area contributed by atoms with Crippen LogP contribution < -0.4 is 22.3 Å². The number of pyridine rings is 1. The normalized spacial score (nSPS) is 14.3. The first-order chi connectivity index (χ1) is 11.0. The number of carbonyl (C=O) groups excluding carboxylic acids is 1. The van der Waals surface area contributed by atoms with Crippen molar-refractivity contribution in [3.8, 4) is 0 Å². The number of nitrogen functional groups attached to an aromatic ring is 2. The summed E-state index contributed by atoms with van der Waals surface area (Å²) in [7, 11) is 0. The van der Waals surface area contributed by atoms with Crippen LogP contribution in [0.3, 0.4) is 0 Å². The number of aromatic nitrogens is 3. The fourth-order valence-corrected chi connectivity index (χ4v) is 2.80. The summed E-state index contributed by atoms with van der Waals surface area (Å²) in [5, 5.41) is 2.85. The van der Waals surface area contributed by atoms with Crippen molar-refractivity contribution >= 4 is 54.8 Å². The van der Waals surface area contributed by atoms with Crippen LogP contribution in [-0.4, -0.2) is 20.4 Å². The summed E-state index contributed by atoms with van der Waals surface area (Å²) in [5.41, 5.74) is 13.1. The zero-order chi connectivity index (χ0) is 16.6. The van der Waals surface area contributed by atoms with Crippen molar-refractivity contribution in [2.45, 2.75) is 32.4 Å². The lowest BCUT2D eigenvalue weighted by Gasteiger charge is -2.15. The molecule has 144 valence electrons. The lowest BCUT2D eigenvalue weighted by molar-refractivity contribution is -0.124. The minimum absolute atomic E-state index is 0. The highest BCUT2D eigenvalue weighted by molar-refractivity contribution is 5.86. The average molecular weight is 424 g/mol. The third kappa shape index (κ3) is 4.57. The van der Waals surface area contributed by atoms with Crippen LogP contribution in [0.2, 0.25) is 0 Å². The Morgan fingerprint density at radius 1 is 1.31 bits per heavy atom. The maximum atomic E-state index is 12.4. The van der Waals surface area contributed by atoms with Crippen molar-refractivity contribution in [3.05, 3.63) is 45.6 Å². The first-order valence-electron chi connectivity index (χ1n) is 7.33. The third-order valence-corrected chi connectivity index (χ3v) is 4.06. The summed E-state index contributed by atoms with van der Waals surface area (Å²) in [6, 6.07) is 2.97. The van der Waals surface area contributed by atoms with E-state index in [-0.39, 0.29) is 48.9 Å². The van der Waals surface area contributed by atoms with Gasteiger partial charge in [0.2, 0.25) is 5.91 Å². The van der Waals surface area contributed by atoms with Gasteiger partial charge in [0.1, 0.15) is 11.9 Å². The molecule has 26 heavy (non-hydrogen) atoms. The number of aryl methyl sites for hydroxylation is 2. The monoisotopic (exact) mass is 422 g/mol. The predicted molar refractivity (Wildman–Crippen MR) is 107 cm³/mol. The van der Waals surface area contributed by atoms with Crippen LogP contribution in [0.4, 0.5) is 11.6 Å². The molecule has 3 rings (SSSR count). The van der Waals surface area contributed by atoms with Crippen LogP contribution in [-0.2, 0) is 17.8 Å². The standard InChI is InChI=1S/C15H18N6O2.3ClH/c1-8-9(2-5-12(16)20-8)6-19-14(22)11-4-3-10-7-18-13(17)15(23)21(10)11;;;/h2,5,7,11H,3-4,6H2,1H3,(H2,16,20)(H2,17,18)(H,19,22);3*1H/t11-;;;/m0.../s1. The van der Waals surface area contributed by atoms with Crippen LogP contribution in [0, 0.1) is 6.92 Å². The predicted octanol–water partition coefficient (Wildman–Crippen LogP) is 1.18. The molecule has 5 N–H and O–H groups in total. The molecule has 0 unspecified atom stereocenters. The van der Waals surface area contributed by atoms with Gasteiger partial charge >= 0.3 is 0 Å². The Hall–Kier alpha value is -2.03. The summed E-state index contributed by atoms with van der Waals surface area (Å²) in [6.07, 6.45) is 2.74. The average Bonchev–Trinajstić information content (AvgIpc) is 2.94. The van der Waals surface area contributed by atoms with Crippen molar-refractivity contribution in [2.75, 3.05) is 11.5 Å². The number of nitrogens with one attached hydrogen (secondary N) is 1. The molecule has 0 saturated heterocycles. The number of halogens is 3. The Labute approximate surface area is 169 Å². The lowest BCUT2D eigenvalue weighted by atomic mass is 10.1. The van der Waals surface area contributed by atoms with Gasteiger partial charge in [-0.15, -0.1) is 37.2 Å². The molecule has 1 aliphatic rings. The van der Waals surface area contributed by atoms with E-state index in [1.165, 1.54) is 4.57 Å². The number of nitrogens with zero attached hydrogens (tertiary/aromatic N) is 3. The summed E-state index contributed by atoms with van der Waals surface area (Å²) in [6.45, 7) is 2.17. The number of hydrogen-bond acceptors (Lipinski definition) is 6. The Kier molecular flexibility index (Phi) is 8.86. The number of rotatable bonds is 3. The second kappa shape index (κ2) is 9.61. The van der Waals surface area contributed by atoms with Gasteiger partial charge < -0.3 is 16.8 Å². The number of amides is 1. The van der Waals surface area contributed by atoms with E-state index < -0.39 is 11.6 Å². The molecule has 0 spiro atoms. The number of anilines is 2.